The first kappa shape index (κ1) is 11.5. The van der Waals surface area contributed by atoms with Crippen LogP contribution in [0.2, 0.25) is 0 Å². The molecule has 0 aromatic carbocycles. The zero-order chi connectivity index (χ0) is 10.6. The summed E-state index contributed by atoms with van der Waals surface area (Å²) in [5.41, 5.74) is 0. The molecule has 1 aliphatic heterocycles. The van der Waals surface area contributed by atoms with E-state index < -0.39 is 0 Å². The quantitative estimate of drug-likeness (QED) is 0.740. The molecule has 3 nitrogen and oxygen atoms in total. The molecule has 1 N–H and O–H groups in total. The minimum Gasteiger partial charge on any atom is -0.342 e. The summed E-state index contributed by atoms with van der Waals surface area (Å²) in [7, 11) is 1.92. The average Bonchev–Trinajstić information content (AvgIpc) is 2.68. The van der Waals surface area contributed by atoms with Gasteiger partial charge in [0, 0.05) is 13.1 Å². The number of hydrogen-bond acceptors (Lipinski definition) is 2. The molecule has 14 heavy (non-hydrogen) atoms. The Balaban J connectivity index is 2.42. The van der Waals surface area contributed by atoms with Gasteiger partial charge < -0.3 is 10.2 Å². The van der Waals surface area contributed by atoms with Crippen molar-refractivity contribution in [1.82, 2.24) is 10.2 Å². The molecule has 0 aromatic rings. The zero-order valence-electron chi connectivity index (χ0n) is 9.55. The van der Waals surface area contributed by atoms with Gasteiger partial charge in [-0.2, -0.15) is 0 Å². The topological polar surface area (TPSA) is 32.3 Å². The number of amides is 1. The highest BCUT2D eigenvalue weighted by Gasteiger charge is 2.26. The van der Waals surface area contributed by atoms with Gasteiger partial charge in [0.15, 0.2) is 0 Å². The molecule has 1 saturated heterocycles. The number of hydrogen-bond donors (Lipinski definition) is 1. The summed E-state index contributed by atoms with van der Waals surface area (Å²) in [4.78, 5) is 13.8. The molecule has 1 unspecified atom stereocenters. The Kier molecular flexibility index (Phi) is 4.39. The summed E-state index contributed by atoms with van der Waals surface area (Å²) in [5, 5.41) is 3.24. The SMILES string of the molecule is CCCC(C)N(C)C(=O)[C@H]1CCCN1. The van der Waals surface area contributed by atoms with Crippen LogP contribution in [-0.2, 0) is 4.79 Å². The highest BCUT2D eigenvalue weighted by atomic mass is 16.2. The van der Waals surface area contributed by atoms with Crippen LogP contribution in [0.4, 0.5) is 0 Å². The largest absolute Gasteiger partial charge is 0.342 e. The van der Waals surface area contributed by atoms with E-state index in [-0.39, 0.29) is 11.9 Å². The van der Waals surface area contributed by atoms with Gasteiger partial charge in [-0.1, -0.05) is 13.3 Å². The van der Waals surface area contributed by atoms with E-state index in [1.807, 2.05) is 11.9 Å². The molecule has 0 aliphatic carbocycles. The van der Waals surface area contributed by atoms with Crippen LogP contribution in [0.15, 0.2) is 0 Å². The molecule has 82 valence electrons. The van der Waals surface area contributed by atoms with Crippen molar-refractivity contribution in [2.24, 2.45) is 0 Å². The third-order valence-electron chi connectivity index (χ3n) is 3.07. The standard InChI is InChI=1S/C11H22N2O/c1-4-6-9(2)13(3)11(14)10-7-5-8-12-10/h9-10,12H,4-8H2,1-3H3/t9?,10-/m1/s1. The van der Waals surface area contributed by atoms with Gasteiger partial charge in [-0.05, 0) is 32.7 Å². The van der Waals surface area contributed by atoms with Crippen LogP contribution in [0.3, 0.4) is 0 Å². The molecule has 0 bridgehead atoms. The molecule has 0 saturated carbocycles. The lowest BCUT2D eigenvalue weighted by atomic mass is 10.1. The Bertz CT molecular complexity index is 188. The normalized spacial score (nSPS) is 23.5. The van der Waals surface area contributed by atoms with Crippen LogP contribution in [0.1, 0.15) is 39.5 Å². The van der Waals surface area contributed by atoms with Gasteiger partial charge in [0.1, 0.15) is 0 Å². The first-order chi connectivity index (χ1) is 6.66. The smallest absolute Gasteiger partial charge is 0.239 e. The van der Waals surface area contributed by atoms with Crippen LogP contribution >= 0.6 is 0 Å². The predicted octanol–water partition coefficient (Wildman–Crippen LogP) is 1.39. The van der Waals surface area contributed by atoms with Gasteiger partial charge in [0.2, 0.25) is 5.91 Å². The molecule has 3 heteroatoms. The Hall–Kier alpha value is -0.570. The van der Waals surface area contributed by atoms with Crippen molar-refractivity contribution in [3.05, 3.63) is 0 Å². The summed E-state index contributed by atoms with van der Waals surface area (Å²) >= 11 is 0. The van der Waals surface area contributed by atoms with E-state index in [9.17, 15) is 4.79 Å². The second-order valence-corrected chi connectivity index (χ2v) is 4.24. The molecule has 2 atom stereocenters. The summed E-state index contributed by atoms with van der Waals surface area (Å²) in [6, 6.07) is 0.453. The fourth-order valence-electron chi connectivity index (χ4n) is 1.97. The van der Waals surface area contributed by atoms with Gasteiger partial charge in [-0.15, -0.1) is 0 Å². The molecular formula is C11H22N2O. The highest BCUT2D eigenvalue weighted by molar-refractivity contribution is 5.82. The van der Waals surface area contributed by atoms with Crippen LogP contribution < -0.4 is 5.32 Å². The number of nitrogens with zero attached hydrogens (tertiary/aromatic N) is 1. The Morgan fingerprint density at radius 3 is 2.86 bits per heavy atom. The van der Waals surface area contributed by atoms with Gasteiger partial charge >= 0.3 is 0 Å². The third-order valence-corrected chi connectivity index (χ3v) is 3.07. The maximum Gasteiger partial charge on any atom is 0.239 e. The number of nitrogens with one attached hydrogen (secondary N) is 1. The summed E-state index contributed by atoms with van der Waals surface area (Å²) in [5.74, 6) is 0.267. The van der Waals surface area contributed by atoms with Crippen LogP contribution in [0.5, 0.6) is 0 Å². The van der Waals surface area contributed by atoms with Crippen molar-refractivity contribution in [2.45, 2.75) is 51.6 Å². The number of carbonyl (C=O) groups is 1. The minimum absolute atomic E-state index is 0.0827. The maximum atomic E-state index is 11.9. The van der Waals surface area contributed by atoms with E-state index in [2.05, 4.69) is 19.2 Å². The van der Waals surface area contributed by atoms with Gasteiger partial charge in [0.05, 0.1) is 6.04 Å². The molecule has 0 aromatic heterocycles. The molecule has 1 rings (SSSR count). The summed E-state index contributed by atoms with van der Waals surface area (Å²) in [6.45, 7) is 5.27. The van der Waals surface area contributed by atoms with E-state index in [0.717, 1.165) is 32.2 Å². The van der Waals surface area contributed by atoms with E-state index in [0.29, 0.717) is 6.04 Å². The fourth-order valence-corrected chi connectivity index (χ4v) is 1.97. The molecule has 0 radical (unpaired) electrons. The van der Waals surface area contributed by atoms with Crippen molar-refractivity contribution in [1.29, 1.82) is 0 Å². The lowest BCUT2D eigenvalue weighted by Crippen LogP contribution is -2.45. The molecule has 1 fully saturated rings. The van der Waals surface area contributed by atoms with Crippen molar-refractivity contribution < 1.29 is 4.79 Å². The first-order valence-corrected chi connectivity index (χ1v) is 5.67. The van der Waals surface area contributed by atoms with E-state index in [1.165, 1.54) is 0 Å². The highest BCUT2D eigenvalue weighted by Crippen LogP contribution is 2.11. The number of carbonyl (C=O) groups excluding carboxylic acids is 1. The monoisotopic (exact) mass is 198 g/mol. The Morgan fingerprint density at radius 1 is 1.64 bits per heavy atom. The zero-order valence-corrected chi connectivity index (χ0v) is 9.55. The van der Waals surface area contributed by atoms with Crippen molar-refractivity contribution in [3.8, 4) is 0 Å². The maximum absolute atomic E-state index is 11.9. The Morgan fingerprint density at radius 2 is 2.36 bits per heavy atom. The van der Waals surface area contributed by atoms with Crippen LogP contribution in [0, 0.1) is 0 Å². The lowest BCUT2D eigenvalue weighted by molar-refractivity contribution is -0.133. The second kappa shape index (κ2) is 5.35. The van der Waals surface area contributed by atoms with Crippen molar-refractivity contribution in [2.75, 3.05) is 13.6 Å². The van der Waals surface area contributed by atoms with E-state index in [1.54, 1.807) is 0 Å². The average molecular weight is 198 g/mol. The number of likely N-dealkylation sites (N-methyl/N-ethyl adjacent to an activating group) is 1. The van der Waals surface area contributed by atoms with E-state index in [4.69, 9.17) is 0 Å². The van der Waals surface area contributed by atoms with Gasteiger partial charge in [-0.3, -0.25) is 4.79 Å². The summed E-state index contributed by atoms with van der Waals surface area (Å²) in [6.07, 6.45) is 4.36. The van der Waals surface area contributed by atoms with Gasteiger partial charge in [-0.25, -0.2) is 0 Å². The predicted molar refractivity (Wildman–Crippen MR) is 58.2 cm³/mol. The molecule has 1 aliphatic rings. The fraction of sp³-hybridized carbons (Fsp3) is 0.909. The van der Waals surface area contributed by atoms with Gasteiger partial charge in [0.25, 0.3) is 0 Å². The van der Waals surface area contributed by atoms with Crippen LogP contribution in [-0.4, -0.2) is 36.5 Å². The molecular weight excluding hydrogens is 176 g/mol. The van der Waals surface area contributed by atoms with Crippen LogP contribution in [0.25, 0.3) is 0 Å². The number of rotatable bonds is 4. The molecule has 0 spiro atoms. The van der Waals surface area contributed by atoms with E-state index >= 15 is 0 Å². The minimum atomic E-state index is 0.0827. The summed E-state index contributed by atoms with van der Waals surface area (Å²) < 4.78 is 0. The lowest BCUT2D eigenvalue weighted by Gasteiger charge is -2.27. The molecule has 1 amide bonds. The van der Waals surface area contributed by atoms with Crippen molar-refractivity contribution >= 4 is 5.91 Å². The second-order valence-electron chi connectivity index (χ2n) is 4.24. The molecule has 1 heterocycles. The third kappa shape index (κ3) is 2.71. The first-order valence-electron chi connectivity index (χ1n) is 5.67. The van der Waals surface area contributed by atoms with Crippen molar-refractivity contribution in [3.63, 3.8) is 0 Å². The Labute approximate surface area is 86.9 Å².